The maximum Gasteiger partial charge on any atom is 0.307 e. The van der Waals surface area contributed by atoms with Crippen molar-refractivity contribution in [1.82, 2.24) is 5.32 Å². The number of aryl methyl sites for hydroxylation is 1. The molecule has 1 aliphatic heterocycles. The molecule has 7 heteroatoms. The van der Waals surface area contributed by atoms with Gasteiger partial charge in [-0.15, -0.1) is 0 Å². The fraction of sp³-hybridized carbons (Fsp3) is 0.333. The van der Waals surface area contributed by atoms with E-state index < -0.39 is 12.0 Å². The third-order valence-corrected chi connectivity index (χ3v) is 4.72. The van der Waals surface area contributed by atoms with Crippen LogP contribution in [0.3, 0.4) is 0 Å². The number of benzene rings is 2. The molecule has 1 N–H and O–H groups in total. The zero-order valence-electron chi connectivity index (χ0n) is 15.8. The molecule has 0 saturated heterocycles. The van der Waals surface area contributed by atoms with Crippen LogP contribution in [0.15, 0.2) is 36.4 Å². The SMILES string of the molecule is COC(=O)CC(NC(=O)Cc1cc(Cl)c2c(c1)OCCO2)c1ccc(C)cc1. The van der Waals surface area contributed by atoms with Crippen LogP contribution in [-0.4, -0.2) is 32.2 Å². The molecule has 1 heterocycles. The van der Waals surface area contributed by atoms with Crippen LogP contribution in [0.4, 0.5) is 0 Å². The minimum atomic E-state index is -0.478. The monoisotopic (exact) mass is 403 g/mol. The van der Waals surface area contributed by atoms with E-state index in [2.05, 4.69) is 5.32 Å². The van der Waals surface area contributed by atoms with E-state index in [1.807, 2.05) is 31.2 Å². The molecule has 3 rings (SSSR count). The van der Waals surface area contributed by atoms with Gasteiger partial charge in [-0.2, -0.15) is 0 Å². The third-order valence-electron chi connectivity index (χ3n) is 4.43. The highest BCUT2D eigenvalue weighted by molar-refractivity contribution is 6.32. The molecule has 1 unspecified atom stereocenters. The second kappa shape index (κ2) is 8.97. The van der Waals surface area contributed by atoms with E-state index >= 15 is 0 Å². The number of hydrogen-bond donors (Lipinski definition) is 1. The molecule has 28 heavy (non-hydrogen) atoms. The summed E-state index contributed by atoms with van der Waals surface area (Å²) in [5.41, 5.74) is 2.63. The van der Waals surface area contributed by atoms with E-state index in [9.17, 15) is 9.59 Å². The number of carbonyl (C=O) groups is 2. The summed E-state index contributed by atoms with van der Waals surface area (Å²) >= 11 is 6.24. The molecule has 0 fully saturated rings. The van der Waals surface area contributed by atoms with E-state index in [0.29, 0.717) is 35.3 Å². The van der Waals surface area contributed by atoms with Crippen LogP contribution in [-0.2, 0) is 20.7 Å². The molecule has 1 amide bonds. The topological polar surface area (TPSA) is 73.9 Å². The minimum Gasteiger partial charge on any atom is -0.486 e. The van der Waals surface area contributed by atoms with Gasteiger partial charge in [0.2, 0.25) is 5.91 Å². The summed E-state index contributed by atoms with van der Waals surface area (Å²) in [4.78, 5) is 24.4. The average Bonchev–Trinajstić information content (AvgIpc) is 2.68. The average molecular weight is 404 g/mol. The van der Waals surface area contributed by atoms with Crippen molar-refractivity contribution in [2.24, 2.45) is 0 Å². The van der Waals surface area contributed by atoms with E-state index in [1.54, 1.807) is 12.1 Å². The van der Waals surface area contributed by atoms with Crippen molar-refractivity contribution in [3.8, 4) is 11.5 Å². The number of amides is 1. The van der Waals surface area contributed by atoms with Crippen molar-refractivity contribution in [2.45, 2.75) is 25.8 Å². The predicted octanol–water partition coefficient (Wildman–Crippen LogP) is 3.38. The predicted molar refractivity (Wildman–Crippen MR) is 105 cm³/mol. The van der Waals surface area contributed by atoms with Crippen LogP contribution in [0, 0.1) is 6.92 Å². The van der Waals surface area contributed by atoms with Crippen molar-refractivity contribution in [3.05, 3.63) is 58.1 Å². The smallest absolute Gasteiger partial charge is 0.307 e. The van der Waals surface area contributed by atoms with Gasteiger partial charge in [-0.05, 0) is 30.2 Å². The zero-order valence-corrected chi connectivity index (χ0v) is 16.5. The molecule has 2 aromatic rings. The molecule has 0 bridgehead atoms. The highest BCUT2D eigenvalue weighted by Crippen LogP contribution is 2.38. The van der Waals surface area contributed by atoms with Crippen LogP contribution < -0.4 is 14.8 Å². The molecule has 0 radical (unpaired) electrons. The Labute approximate surface area is 168 Å². The quantitative estimate of drug-likeness (QED) is 0.748. The molecule has 0 aromatic heterocycles. The Morgan fingerprint density at radius 3 is 2.61 bits per heavy atom. The Hall–Kier alpha value is -2.73. The van der Waals surface area contributed by atoms with Gasteiger partial charge in [-0.3, -0.25) is 9.59 Å². The maximum atomic E-state index is 12.6. The van der Waals surface area contributed by atoms with Crippen LogP contribution in [0.5, 0.6) is 11.5 Å². The number of halogens is 1. The van der Waals surface area contributed by atoms with Crippen LogP contribution >= 0.6 is 11.6 Å². The highest BCUT2D eigenvalue weighted by Gasteiger charge is 2.21. The summed E-state index contributed by atoms with van der Waals surface area (Å²) in [5, 5.41) is 3.32. The zero-order chi connectivity index (χ0) is 20.1. The van der Waals surface area contributed by atoms with Crippen molar-refractivity contribution < 1.29 is 23.8 Å². The van der Waals surface area contributed by atoms with E-state index in [-0.39, 0.29) is 18.7 Å². The number of fused-ring (bicyclic) bond motifs is 1. The van der Waals surface area contributed by atoms with Crippen LogP contribution in [0.1, 0.15) is 29.2 Å². The molecule has 6 nitrogen and oxygen atoms in total. The van der Waals surface area contributed by atoms with Gasteiger partial charge in [0.15, 0.2) is 11.5 Å². The van der Waals surface area contributed by atoms with Gasteiger partial charge in [0.1, 0.15) is 13.2 Å². The number of hydrogen-bond acceptors (Lipinski definition) is 5. The summed E-state index contributed by atoms with van der Waals surface area (Å²) in [7, 11) is 1.33. The fourth-order valence-electron chi connectivity index (χ4n) is 3.00. The number of nitrogens with one attached hydrogen (secondary N) is 1. The van der Waals surface area contributed by atoms with Gasteiger partial charge >= 0.3 is 5.97 Å². The molecule has 2 aromatic carbocycles. The lowest BCUT2D eigenvalue weighted by atomic mass is 10.0. The first-order chi connectivity index (χ1) is 13.5. The molecule has 148 valence electrons. The van der Waals surface area contributed by atoms with Gasteiger partial charge in [0, 0.05) is 0 Å². The molecule has 1 aliphatic rings. The first kappa shape index (κ1) is 20.0. The number of rotatable bonds is 6. The molecule has 0 aliphatic carbocycles. The van der Waals surface area contributed by atoms with Crippen molar-refractivity contribution in [2.75, 3.05) is 20.3 Å². The lowest BCUT2D eigenvalue weighted by molar-refractivity contribution is -0.141. The Balaban J connectivity index is 1.73. The van der Waals surface area contributed by atoms with Crippen molar-refractivity contribution in [1.29, 1.82) is 0 Å². The van der Waals surface area contributed by atoms with Gasteiger partial charge < -0.3 is 19.5 Å². The second-order valence-corrected chi connectivity index (χ2v) is 7.00. The maximum absolute atomic E-state index is 12.6. The van der Waals surface area contributed by atoms with Gasteiger partial charge in [0.25, 0.3) is 0 Å². The van der Waals surface area contributed by atoms with Gasteiger partial charge in [0.05, 0.1) is 31.0 Å². The van der Waals surface area contributed by atoms with E-state index in [1.165, 1.54) is 7.11 Å². The number of methoxy groups -OCH3 is 1. The summed E-state index contributed by atoms with van der Waals surface area (Å²) in [6, 6.07) is 10.6. The summed E-state index contributed by atoms with van der Waals surface area (Å²) < 4.78 is 15.8. The molecule has 0 spiro atoms. The number of ether oxygens (including phenoxy) is 3. The summed E-state index contributed by atoms with van der Waals surface area (Å²) in [6.07, 6.45) is 0.146. The first-order valence-corrected chi connectivity index (χ1v) is 9.35. The van der Waals surface area contributed by atoms with Crippen LogP contribution in [0.25, 0.3) is 0 Å². The Morgan fingerprint density at radius 1 is 1.18 bits per heavy atom. The van der Waals surface area contributed by atoms with Crippen molar-refractivity contribution in [3.63, 3.8) is 0 Å². The lowest BCUT2D eigenvalue weighted by Gasteiger charge is -2.21. The Bertz CT molecular complexity index is 866. The van der Waals surface area contributed by atoms with Gasteiger partial charge in [-0.1, -0.05) is 41.4 Å². The first-order valence-electron chi connectivity index (χ1n) is 8.97. The largest absolute Gasteiger partial charge is 0.486 e. The standard InChI is InChI=1S/C21H22ClNO5/c1-13-3-5-15(6-4-13)17(12-20(25)26-2)23-19(24)11-14-9-16(22)21-18(10-14)27-7-8-28-21/h3-6,9-10,17H,7-8,11-12H2,1-2H3,(H,23,24). The fourth-order valence-corrected chi connectivity index (χ4v) is 3.29. The van der Waals surface area contributed by atoms with E-state index in [0.717, 1.165) is 11.1 Å². The van der Waals surface area contributed by atoms with Crippen LogP contribution in [0.2, 0.25) is 5.02 Å². The minimum absolute atomic E-state index is 0.0488. The van der Waals surface area contributed by atoms with E-state index in [4.69, 9.17) is 25.8 Å². The number of carbonyl (C=O) groups excluding carboxylic acids is 2. The summed E-state index contributed by atoms with van der Waals surface area (Å²) in [6.45, 7) is 2.86. The highest BCUT2D eigenvalue weighted by atomic mass is 35.5. The molecule has 0 saturated carbocycles. The Morgan fingerprint density at radius 2 is 1.89 bits per heavy atom. The second-order valence-electron chi connectivity index (χ2n) is 6.59. The Kier molecular flexibility index (Phi) is 6.41. The summed E-state index contributed by atoms with van der Waals surface area (Å²) in [5.74, 6) is 0.405. The normalized spacial score (nSPS) is 13.5. The van der Waals surface area contributed by atoms with Crippen molar-refractivity contribution >= 4 is 23.5 Å². The third kappa shape index (κ3) is 4.95. The molecular formula is C21H22ClNO5. The molecule has 1 atom stereocenters. The molecular weight excluding hydrogens is 382 g/mol. The number of esters is 1. The lowest BCUT2D eigenvalue weighted by Crippen LogP contribution is -2.31. The van der Waals surface area contributed by atoms with Gasteiger partial charge in [-0.25, -0.2) is 0 Å².